The van der Waals surface area contributed by atoms with E-state index in [1.54, 1.807) is 6.07 Å². The summed E-state index contributed by atoms with van der Waals surface area (Å²) in [6.45, 7) is 6.00. The van der Waals surface area contributed by atoms with Crippen LogP contribution in [0.25, 0.3) is 0 Å². The number of nitrogens with one attached hydrogen (secondary N) is 1. The average molecular weight is 238 g/mol. The SMILES string of the molecule is CCCNC(CN(C)C)c1cc(F)ccc1C. The molecule has 0 aromatic heterocycles. The van der Waals surface area contributed by atoms with Gasteiger partial charge in [-0.1, -0.05) is 13.0 Å². The number of nitrogens with zero attached hydrogens (tertiary/aromatic N) is 1. The molecule has 0 fully saturated rings. The van der Waals surface area contributed by atoms with E-state index in [0.29, 0.717) is 0 Å². The van der Waals surface area contributed by atoms with Crippen molar-refractivity contribution in [1.29, 1.82) is 0 Å². The molecule has 0 aliphatic carbocycles. The smallest absolute Gasteiger partial charge is 0.123 e. The van der Waals surface area contributed by atoms with Gasteiger partial charge < -0.3 is 10.2 Å². The Balaban J connectivity index is 2.90. The molecule has 17 heavy (non-hydrogen) atoms. The Kier molecular flexibility index (Phi) is 5.59. The van der Waals surface area contributed by atoms with Crippen LogP contribution < -0.4 is 5.32 Å². The lowest BCUT2D eigenvalue weighted by Gasteiger charge is -2.24. The van der Waals surface area contributed by atoms with Crippen LogP contribution in [0.5, 0.6) is 0 Å². The molecule has 1 aromatic carbocycles. The molecular weight excluding hydrogens is 215 g/mol. The van der Waals surface area contributed by atoms with Crippen LogP contribution in [0.4, 0.5) is 4.39 Å². The minimum Gasteiger partial charge on any atom is -0.309 e. The third-order valence-electron chi connectivity index (χ3n) is 2.81. The van der Waals surface area contributed by atoms with E-state index in [4.69, 9.17) is 0 Å². The van der Waals surface area contributed by atoms with Gasteiger partial charge in [0.05, 0.1) is 0 Å². The lowest BCUT2D eigenvalue weighted by atomic mass is 10.0. The number of halogens is 1. The van der Waals surface area contributed by atoms with Crippen LogP contribution in [0.1, 0.15) is 30.5 Å². The summed E-state index contributed by atoms with van der Waals surface area (Å²) in [5.41, 5.74) is 2.20. The fourth-order valence-electron chi connectivity index (χ4n) is 1.94. The molecule has 96 valence electrons. The molecule has 1 rings (SSSR count). The lowest BCUT2D eigenvalue weighted by Crippen LogP contribution is -2.32. The lowest BCUT2D eigenvalue weighted by molar-refractivity contribution is 0.341. The van der Waals surface area contributed by atoms with Crippen LogP contribution in [-0.2, 0) is 0 Å². The molecule has 2 nitrogen and oxygen atoms in total. The van der Waals surface area contributed by atoms with Gasteiger partial charge in [0.25, 0.3) is 0 Å². The van der Waals surface area contributed by atoms with E-state index in [9.17, 15) is 4.39 Å². The summed E-state index contributed by atoms with van der Waals surface area (Å²) in [6.07, 6.45) is 1.08. The molecule has 0 saturated heterocycles. The van der Waals surface area contributed by atoms with Crippen molar-refractivity contribution in [2.45, 2.75) is 26.3 Å². The van der Waals surface area contributed by atoms with Crippen LogP contribution in [0, 0.1) is 12.7 Å². The first-order valence-electron chi connectivity index (χ1n) is 6.18. The van der Waals surface area contributed by atoms with Gasteiger partial charge in [-0.25, -0.2) is 4.39 Å². The summed E-state index contributed by atoms with van der Waals surface area (Å²) < 4.78 is 13.3. The molecule has 1 atom stereocenters. The number of hydrogen-bond acceptors (Lipinski definition) is 2. The highest BCUT2D eigenvalue weighted by Crippen LogP contribution is 2.19. The quantitative estimate of drug-likeness (QED) is 0.820. The average Bonchev–Trinajstić information content (AvgIpc) is 2.27. The van der Waals surface area contributed by atoms with Crippen LogP contribution >= 0.6 is 0 Å². The number of rotatable bonds is 6. The maximum atomic E-state index is 13.3. The molecular formula is C14H23FN2. The fourth-order valence-corrected chi connectivity index (χ4v) is 1.94. The molecule has 0 bridgehead atoms. The predicted molar refractivity (Wildman–Crippen MR) is 70.7 cm³/mol. The van der Waals surface area contributed by atoms with Crippen molar-refractivity contribution in [3.8, 4) is 0 Å². The van der Waals surface area contributed by atoms with Gasteiger partial charge in [-0.3, -0.25) is 0 Å². The molecule has 0 heterocycles. The number of aryl methyl sites for hydroxylation is 1. The first-order chi connectivity index (χ1) is 8.04. The molecule has 0 aliphatic heterocycles. The summed E-state index contributed by atoms with van der Waals surface area (Å²) in [6, 6.07) is 5.21. The minimum absolute atomic E-state index is 0.160. The summed E-state index contributed by atoms with van der Waals surface area (Å²) in [7, 11) is 4.07. The van der Waals surface area contributed by atoms with E-state index in [2.05, 4.69) is 17.1 Å². The van der Waals surface area contributed by atoms with E-state index in [0.717, 1.165) is 30.6 Å². The Morgan fingerprint density at radius 2 is 2.06 bits per heavy atom. The van der Waals surface area contributed by atoms with Crippen molar-refractivity contribution in [3.63, 3.8) is 0 Å². The fraction of sp³-hybridized carbons (Fsp3) is 0.571. The number of benzene rings is 1. The number of hydrogen-bond donors (Lipinski definition) is 1. The molecule has 1 unspecified atom stereocenters. The van der Waals surface area contributed by atoms with E-state index in [1.165, 1.54) is 6.07 Å². The van der Waals surface area contributed by atoms with Gasteiger partial charge in [0.2, 0.25) is 0 Å². The van der Waals surface area contributed by atoms with Gasteiger partial charge in [-0.05, 0) is 57.2 Å². The molecule has 0 spiro atoms. The Morgan fingerprint density at radius 1 is 1.35 bits per heavy atom. The van der Waals surface area contributed by atoms with Gasteiger partial charge in [0.15, 0.2) is 0 Å². The van der Waals surface area contributed by atoms with Gasteiger partial charge >= 0.3 is 0 Å². The number of likely N-dealkylation sites (N-methyl/N-ethyl adjacent to an activating group) is 1. The third kappa shape index (κ3) is 4.44. The van der Waals surface area contributed by atoms with Crippen molar-refractivity contribution >= 4 is 0 Å². The van der Waals surface area contributed by atoms with Crippen molar-refractivity contribution in [2.75, 3.05) is 27.2 Å². The topological polar surface area (TPSA) is 15.3 Å². The molecule has 1 N–H and O–H groups in total. The first-order valence-corrected chi connectivity index (χ1v) is 6.18. The van der Waals surface area contributed by atoms with Crippen molar-refractivity contribution in [3.05, 3.63) is 35.1 Å². The Labute approximate surface area is 104 Å². The zero-order valence-corrected chi connectivity index (χ0v) is 11.3. The van der Waals surface area contributed by atoms with Gasteiger partial charge in [0, 0.05) is 12.6 Å². The van der Waals surface area contributed by atoms with E-state index in [-0.39, 0.29) is 11.9 Å². The van der Waals surface area contributed by atoms with Gasteiger partial charge in [-0.15, -0.1) is 0 Å². The summed E-state index contributed by atoms with van der Waals surface area (Å²) >= 11 is 0. The summed E-state index contributed by atoms with van der Waals surface area (Å²) in [5.74, 6) is -0.160. The van der Waals surface area contributed by atoms with Crippen LogP contribution in [0.15, 0.2) is 18.2 Å². The molecule has 3 heteroatoms. The largest absolute Gasteiger partial charge is 0.309 e. The first kappa shape index (κ1) is 14.1. The standard InChI is InChI=1S/C14H23FN2/c1-5-8-16-14(10-17(3)4)13-9-12(15)7-6-11(13)2/h6-7,9,14,16H,5,8,10H2,1-4H3. The highest BCUT2D eigenvalue weighted by atomic mass is 19.1. The second kappa shape index (κ2) is 6.72. The molecule has 0 aliphatic rings. The maximum absolute atomic E-state index is 13.3. The Hall–Kier alpha value is -0.930. The van der Waals surface area contributed by atoms with Gasteiger partial charge in [0.1, 0.15) is 5.82 Å². The van der Waals surface area contributed by atoms with Crippen molar-refractivity contribution in [1.82, 2.24) is 10.2 Å². The zero-order chi connectivity index (χ0) is 12.8. The van der Waals surface area contributed by atoms with Crippen LogP contribution in [0.2, 0.25) is 0 Å². The molecule has 0 radical (unpaired) electrons. The summed E-state index contributed by atoms with van der Waals surface area (Å²) in [5, 5.41) is 3.48. The van der Waals surface area contributed by atoms with Crippen molar-refractivity contribution < 1.29 is 4.39 Å². The second-order valence-corrected chi connectivity index (χ2v) is 4.77. The Morgan fingerprint density at radius 3 is 2.65 bits per heavy atom. The monoisotopic (exact) mass is 238 g/mol. The predicted octanol–water partition coefficient (Wildman–Crippen LogP) is 2.74. The summed E-state index contributed by atoms with van der Waals surface area (Å²) in [4.78, 5) is 2.12. The van der Waals surface area contributed by atoms with E-state index < -0.39 is 0 Å². The second-order valence-electron chi connectivity index (χ2n) is 4.77. The van der Waals surface area contributed by atoms with Crippen molar-refractivity contribution in [2.24, 2.45) is 0 Å². The minimum atomic E-state index is -0.160. The van der Waals surface area contributed by atoms with Gasteiger partial charge in [-0.2, -0.15) is 0 Å². The highest BCUT2D eigenvalue weighted by molar-refractivity contribution is 5.29. The van der Waals surface area contributed by atoms with Crippen LogP contribution in [0.3, 0.4) is 0 Å². The maximum Gasteiger partial charge on any atom is 0.123 e. The molecule has 0 saturated carbocycles. The highest BCUT2D eigenvalue weighted by Gasteiger charge is 2.14. The normalized spacial score (nSPS) is 13.1. The Bertz CT molecular complexity index is 350. The van der Waals surface area contributed by atoms with Crippen LogP contribution in [-0.4, -0.2) is 32.1 Å². The molecule has 1 aromatic rings. The zero-order valence-electron chi connectivity index (χ0n) is 11.3. The molecule has 0 amide bonds. The third-order valence-corrected chi connectivity index (χ3v) is 2.81. The van der Waals surface area contributed by atoms with E-state index >= 15 is 0 Å². The van der Waals surface area contributed by atoms with E-state index in [1.807, 2.05) is 27.1 Å².